The maximum atomic E-state index is 12.2. The molecule has 19 heavy (non-hydrogen) atoms. The monoisotopic (exact) mass is 316 g/mol. The van der Waals surface area contributed by atoms with Crippen LogP contribution in [0.5, 0.6) is 0 Å². The van der Waals surface area contributed by atoms with E-state index in [2.05, 4.69) is 36.7 Å². The van der Waals surface area contributed by atoms with E-state index in [1.807, 2.05) is 30.3 Å². The van der Waals surface area contributed by atoms with Gasteiger partial charge in [0.25, 0.3) is 5.91 Å². The smallest absolute Gasteiger partial charge is 0.256 e. The van der Waals surface area contributed by atoms with E-state index in [9.17, 15) is 4.79 Å². The van der Waals surface area contributed by atoms with Crippen molar-refractivity contribution < 1.29 is 4.79 Å². The molecule has 0 aliphatic heterocycles. The van der Waals surface area contributed by atoms with Gasteiger partial charge >= 0.3 is 0 Å². The van der Waals surface area contributed by atoms with Gasteiger partial charge in [-0.3, -0.25) is 4.79 Å². The number of nitrogens with one attached hydrogen (secondary N) is 2. The number of amides is 1. The van der Waals surface area contributed by atoms with Crippen LogP contribution in [0.2, 0.25) is 0 Å². The molecule has 0 bridgehead atoms. The van der Waals surface area contributed by atoms with E-state index in [1.54, 1.807) is 12.1 Å². The topological polar surface area (TPSA) is 70.7 Å². The standard InChI is InChI=1S/C13H9BrN4O/c14-9-5-2-1-4-8(9)13(19)15-10-6-3-7-11-12(10)17-18-16-11/h1-7H,(H,15,19)(H,16,17,18). The van der Waals surface area contributed by atoms with E-state index in [1.165, 1.54) is 0 Å². The van der Waals surface area contributed by atoms with Crippen molar-refractivity contribution in [2.45, 2.75) is 0 Å². The van der Waals surface area contributed by atoms with Gasteiger partial charge in [0.15, 0.2) is 0 Å². The summed E-state index contributed by atoms with van der Waals surface area (Å²) in [7, 11) is 0. The summed E-state index contributed by atoms with van der Waals surface area (Å²) in [6, 6.07) is 12.7. The van der Waals surface area contributed by atoms with E-state index in [0.717, 1.165) is 4.47 Å². The minimum Gasteiger partial charge on any atom is -0.320 e. The third kappa shape index (κ3) is 2.22. The molecule has 6 heteroatoms. The average Bonchev–Trinajstić information content (AvgIpc) is 2.88. The molecule has 0 saturated carbocycles. The van der Waals surface area contributed by atoms with Gasteiger partial charge in [0.2, 0.25) is 0 Å². The third-order valence-electron chi connectivity index (χ3n) is 2.71. The lowest BCUT2D eigenvalue weighted by molar-refractivity contribution is 0.102. The largest absolute Gasteiger partial charge is 0.320 e. The van der Waals surface area contributed by atoms with Crippen molar-refractivity contribution in [3.63, 3.8) is 0 Å². The zero-order valence-electron chi connectivity index (χ0n) is 9.72. The van der Waals surface area contributed by atoms with Crippen molar-refractivity contribution in [2.75, 3.05) is 5.32 Å². The summed E-state index contributed by atoms with van der Waals surface area (Å²) < 4.78 is 0.750. The number of fused-ring (bicyclic) bond motifs is 1. The first kappa shape index (κ1) is 11.9. The molecule has 0 saturated heterocycles. The van der Waals surface area contributed by atoms with E-state index in [-0.39, 0.29) is 5.91 Å². The fourth-order valence-corrected chi connectivity index (χ4v) is 2.27. The molecule has 0 aliphatic carbocycles. The van der Waals surface area contributed by atoms with Crippen molar-refractivity contribution >= 4 is 38.6 Å². The molecule has 1 aromatic heterocycles. The summed E-state index contributed by atoms with van der Waals surface area (Å²) in [6.07, 6.45) is 0. The molecule has 2 N–H and O–H groups in total. The summed E-state index contributed by atoms with van der Waals surface area (Å²) in [4.78, 5) is 12.2. The predicted octanol–water partition coefficient (Wildman–Crippen LogP) is 2.97. The molecule has 0 radical (unpaired) electrons. The Hall–Kier alpha value is -2.21. The highest BCUT2D eigenvalue weighted by molar-refractivity contribution is 9.10. The molecule has 0 unspecified atom stereocenters. The third-order valence-corrected chi connectivity index (χ3v) is 3.41. The Bertz CT molecular complexity index is 753. The quantitative estimate of drug-likeness (QED) is 0.763. The first-order valence-electron chi connectivity index (χ1n) is 5.61. The van der Waals surface area contributed by atoms with Gasteiger partial charge in [0.05, 0.1) is 11.3 Å². The van der Waals surface area contributed by atoms with Crippen LogP contribution >= 0.6 is 15.9 Å². The Labute approximate surface area is 117 Å². The maximum Gasteiger partial charge on any atom is 0.256 e. The van der Waals surface area contributed by atoms with Crippen LogP contribution in [0.3, 0.4) is 0 Å². The number of carbonyl (C=O) groups is 1. The number of benzene rings is 2. The summed E-state index contributed by atoms with van der Waals surface area (Å²) in [6.45, 7) is 0. The molecule has 94 valence electrons. The highest BCUT2D eigenvalue weighted by atomic mass is 79.9. The van der Waals surface area contributed by atoms with Gasteiger partial charge in [-0.05, 0) is 40.2 Å². The Morgan fingerprint density at radius 1 is 1.11 bits per heavy atom. The van der Waals surface area contributed by atoms with Crippen molar-refractivity contribution in [3.8, 4) is 0 Å². The molecule has 0 spiro atoms. The first-order valence-corrected chi connectivity index (χ1v) is 6.40. The Morgan fingerprint density at radius 3 is 2.79 bits per heavy atom. The predicted molar refractivity (Wildman–Crippen MR) is 76.0 cm³/mol. The minimum absolute atomic E-state index is 0.192. The number of nitrogens with zero attached hydrogens (tertiary/aromatic N) is 2. The van der Waals surface area contributed by atoms with Crippen molar-refractivity contribution in [1.82, 2.24) is 15.4 Å². The minimum atomic E-state index is -0.192. The summed E-state index contributed by atoms with van der Waals surface area (Å²) in [5, 5.41) is 13.4. The van der Waals surface area contributed by atoms with Crippen LogP contribution < -0.4 is 5.32 Å². The van der Waals surface area contributed by atoms with Crippen molar-refractivity contribution in [3.05, 3.63) is 52.5 Å². The lowest BCUT2D eigenvalue weighted by atomic mass is 10.2. The van der Waals surface area contributed by atoms with Crippen LogP contribution in [-0.2, 0) is 0 Å². The maximum absolute atomic E-state index is 12.2. The van der Waals surface area contributed by atoms with E-state index >= 15 is 0 Å². The SMILES string of the molecule is O=C(Nc1cccc2n[nH]nc12)c1ccccc1Br. The normalized spacial score (nSPS) is 10.6. The number of carbonyl (C=O) groups excluding carboxylic acids is 1. The fraction of sp³-hybridized carbons (Fsp3) is 0. The molecule has 0 fully saturated rings. The van der Waals surface area contributed by atoms with Crippen LogP contribution in [0, 0.1) is 0 Å². The lowest BCUT2D eigenvalue weighted by Crippen LogP contribution is -2.12. The molecule has 0 aliphatic rings. The number of hydrogen-bond donors (Lipinski definition) is 2. The van der Waals surface area contributed by atoms with Gasteiger partial charge in [0, 0.05) is 4.47 Å². The van der Waals surface area contributed by atoms with Crippen LogP contribution in [0.1, 0.15) is 10.4 Å². The van der Waals surface area contributed by atoms with Crippen LogP contribution in [0.25, 0.3) is 11.0 Å². The van der Waals surface area contributed by atoms with Crippen LogP contribution in [0.4, 0.5) is 5.69 Å². The summed E-state index contributed by atoms with van der Waals surface area (Å²) in [5.74, 6) is -0.192. The fourth-order valence-electron chi connectivity index (χ4n) is 1.80. The number of aromatic amines is 1. The van der Waals surface area contributed by atoms with Gasteiger partial charge < -0.3 is 5.32 Å². The Morgan fingerprint density at radius 2 is 1.95 bits per heavy atom. The van der Waals surface area contributed by atoms with Gasteiger partial charge in [0.1, 0.15) is 11.0 Å². The van der Waals surface area contributed by atoms with E-state index in [0.29, 0.717) is 22.3 Å². The number of rotatable bonds is 2. The number of anilines is 1. The van der Waals surface area contributed by atoms with Crippen LogP contribution in [0.15, 0.2) is 46.9 Å². The van der Waals surface area contributed by atoms with E-state index < -0.39 is 0 Å². The second kappa shape index (κ2) is 4.81. The molecule has 2 aromatic carbocycles. The van der Waals surface area contributed by atoms with Gasteiger partial charge in [-0.25, -0.2) is 0 Å². The molecule has 5 nitrogen and oxygen atoms in total. The van der Waals surface area contributed by atoms with Gasteiger partial charge in [-0.2, -0.15) is 15.4 Å². The molecule has 0 atom stereocenters. The molecular weight excluding hydrogens is 308 g/mol. The molecule has 1 amide bonds. The molecule has 3 aromatic rings. The van der Waals surface area contributed by atoms with Gasteiger partial charge in [-0.15, -0.1) is 0 Å². The number of para-hydroxylation sites is 1. The first-order chi connectivity index (χ1) is 9.25. The number of halogens is 1. The highest BCUT2D eigenvalue weighted by Crippen LogP contribution is 2.21. The highest BCUT2D eigenvalue weighted by Gasteiger charge is 2.12. The summed E-state index contributed by atoms with van der Waals surface area (Å²) >= 11 is 3.36. The molecule has 3 rings (SSSR count). The number of H-pyrrole nitrogens is 1. The second-order valence-corrected chi connectivity index (χ2v) is 4.79. The average molecular weight is 317 g/mol. The Kier molecular flexibility index (Phi) is 3.00. The second-order valence-electron chi connectivity index (χ2n) is 3.93. The molecular formula is C13H9BrN4O. The van der Waals surface area contributed by atoms with Crippen molar-refractivity contribution in [1.29, 1.82) is 0 Å². The Balaban J connectivity index is 1.95. The number of aromatic nitrogens is 3. The van der Waals surface area contributed by atoms with Gasteiger partial charge in [-0.1, -0.05) is 18.2 Å². The zero-order chi connectivity index (χ0) is 13.2. The zero-order valence-corrected chi connectivity index (χ0v) is 11.3. The summed E-state index contributed by atoms with van der Waals surface area (Å²) in [5.41, 5.74) is 2.56. The molecule has 1 heterocycles. The lowest BCUT2D eigenvalue weighted by Gasteiger charge is -2.06. The van der Waals surface area contributed by atoms with Crippen LogP contribution in [-0.4, -0.2) is 21.3 Å². The number of hydrogen-bond acceptors (Lipinski definition) is 3. The van der Waals surface area contributed by atoms with Crippen molar-refractivity contribution in [2.24, 2.45) is 0 Å². The van der Waals surface area contributed by atoms with E-state index in [4.69, 9.17) is 0 Å².